The zero-order chi connectivity index (χ0) is 14.0. The second-order valence-electron chi connectivity index (χ2n) is 4.89. The number of hydrogen-bond acceptors (Lipinski definition) is 5. The SMILES string of the molecule is CC(O)(CNCc1cnc2ncccn12)c1cccs1. The van der Waals surface area contributed by atoms with Crippen LogP contribution in [0.5, 0.6) is 0 Å². The largest absolute Gasteiger partial charge is 0.383 e. The monoisotopic (exact) mass is 288 g/mol. The Hall–Kier alpha value is -1.76. The van der Waals surface area contributed by atoms with Crippen molar-refractivity contribution < 1.29 is 5.11 Å². The smallest absolute Gasteiger partial charge is 0.233 e. The lowest BCUT2D eigenvalue weighted by Gasteiger charge is -2.22. The van der Waals surface area contributed by atoms with Gasteiger partial charge in [-0.1, -0.05) is 6.07 Å². The molecule has 0 saturated heterocycles. The molecule has 0 radical (unpaired) electrons. The van der Waals surface area contributed by atoms with E-state index in [1.165, 1.54) is 0 Å². The van der Waals surface area contributed by atoms with Crippen LogP contribution in [0, 0.1) is 0 Å². The Morgan fingerprint density at radius 2 is 2.30 bits per heavy atom. The Morgan fingerprint density at radius 1 is 1.40 bits per heavy atom. The van der Waals surface area contributed by atoms with Gasteiger partial charge in [-0.2, -0.15) is 0 Å². The summed E-state index contributed by atoms with van der Waals surface area (Å²) in [5.41, 5.74) is 0.169. The summed E-state index contributed by atoms with van der Waals surface area (Å²) >= 11 is 1.56. The predicted molar refractivity (Wildman–Crippen MR) is 78.6 cm³/mol. The van der Waals surface area contributed by atoms with Crippen LogP contribution in [0.2, 0.25) is 0 Å². The lowest BCUT2D eigenvalue weighted by molar-refractivity contribution is 0.0603. The normalized spacial score (nSPS) is 14.5. The van der Waals surface area contributed by atoms with Crippen molar-refractivity contribution in [3.8, 4) is 0 Å². The van der Waals surface area contributed by atoms with E-state index in [0.717, 1.165) is 10.6 Å². The van der Waals surface area contributed by atoms with E-state index in [-0.39, 0.29) is 0 Å². The number of aliphatic hydroxyl groups is 1. The molecule has 0 aliphatic heterocycles. The number of nitrogens with zero attached hydrogens (tertiary/aromatic N) is 3. The van der Waals surface area contributed by atoms with Crippen molar-refractivity contribution in [1.29, 1.82) is 0 Å². The fourth-order valence-corrected chi connectivity index (χ4v) is 2.90. The molecule has 0 aromatic carbocycles. The van der Waals surface area contributed by atoms with Gasteiger partial charge in [0.1, 0.15) is 5.60 Å². The summed E-state index contributed by atoms with van der Waals surface area (Å²) < 4.78 is 1.94. The average molecular weight is 288 g/mol. The standard InChI is InChI=1S/C14H16N4OS/c1-14(19,12-4-2-7-20-12)10-15-8-11-9-17-13-16-5-3-6-18(11)13/h2-7,9,15,19H,8,10H2,1H3. The second kappa shape index (κ2) is 5.32. The lowest BCUT2D eigenvalue weighted by Crippen LogP contribution is -2.34. The summed E-state index contributed by atoms with van der Waals surface area (Å²) in [5.74, 6) is 0.689. The molecule has 0 aliphatic carbocycles. The topological polar surface area (TPSA) is 62.5 Å². The zero-order valence-electron chi connectivity index (χ0n) is 11.2. The molecule has 0 spiro atoms. The molecule has 3 heterocycles. The van der Waals surface area contributed by atoms with E-state index in [9.17, 15) is 5.11 Å². The molecular formula is C14H16N4OS. The molecule has 0 amide bonds. The van der Waals surface area contributed by atoms with Crippen LogP contribution >= 0.6 is 11.3 Å². The predicted octanol–water partition coefficient (Wildman–Crippen LogP) is 1.79. The Labute approximate surface area is 120 Å². The first kappa shape index (κ1) is 13.2. The van der Waals surface area contributed by atoms with Crippen LogP contribution in [0.4, 0.5) is 0 Å². The van der Waals surface area contributed by atoms with Crippen molar-refractivity contribution in [3.63, 3.8) is 0 Å². The highest BCUT2D eigenvalue weighted by Gasteiger charge is 2.23. The highest BCUT2D eigenvalue weighted by molar-refractivity contribution is 7.10. The summed E-state index contributed by atoms with van der Waals surface area (Å²) in [6.45, 7) is 2.94. The summed E-state index contributed by atoms with van der Waals surface area (Å²) in [5, 5.41) is 15.7. The maximum atomic E-state index is 10.4. The minimum Gasteiger partial charge on any atom is -0.383 e. The Morgan fingerprint density at radius 3 is 3.10 bits per heavy atom. The Balaban J connectivity index is 1.66. The van der Waals surface area contributed by atoms with Gasteiger partial charge < -0.3 is 10.4 Å². The van der Waals surface area contributed by atoms with Crippen molar-refractivity contribution in [3.05, 3.63) is 52.7 Å². The first-order valence-corrected chi connectivity index (χ1v) is 7.29. The molecule has 6 heteroatoms. The molecule has 1 unspecified atom stereocenters. The fraction of sp³-hybridized carbons (Fsp3) is 0.286. The molecule has 0 aliphatic rings. The van der Waals surface area contributed by atoms with Gasteiger partial charge in [0, 0.05) is 30.4 Å². The van der Waals surface area contributed by atoms with Gasteiger partial charge in [0.2, 0.25) is 5.78 Å². The van der Waals surface area contributed by atoms with E-state index < -0.39 is 5.60 Å². The summed E-state index contributed by atoms with van der Waals surface area (Å²) in [4.78, 5) is 9.37. The van der Waals surface area contributed by atoms with Gasteiger partial charge in [-0.25, -0.2) is 9.97 Å². The van der Waals surface area contributed by atoms with Gasteiger partial charge >= 0.3 is 0 Å². The number of nitrogens with one attached hydrogen (secondary N) is 1. The maximum absolute atomic E-state index is 10.4. The molecule has 2 N–H and O–H groups in total. The molecule has 1 atom stereocenters. The van der Waals surface area contributed by atoms with E-state index in [1.54, 1.807) is 23.7 Å². The highest BCUT2D eigenvalue weighted by atomic mass is 32.1. The van der Waals surface area contributed by atoms with Gasteiger partial charge in [-0.3, -0.25) is 4.40 Å². The van der Waals surface area contributed by atoms with E-state index in [4.69, 9.17) is 0 Å². The average Bonchev–Trinajstić information content (AvgIpc) is 3.08. The fourth-order valence-electron chi connectivity index (χ4n) is 2.11. The van der Waals surface area contributed by atoms with Crippen LogP contribution in [0.3, 0.4) is 0 Å². The maximum Gasteiger partial charge on any atom is 0.233 e. The third-order valence-electron chi connectivity index (χ3n) is 3.19. The lowest BCUT2D eigenvalue weighted by atomic mass is 10.1. The minimum absolute atomic E-state index is 0.487. The molecule has 0 saturated carbocycles. The molecule has 5 nitrogen and oxygen atoms in total. The van der Waals surface area contributed by atoms with Crippen LogP contribution in [0.1, 0.15) is 17.5 Å². The van der Waals surface area contributed by atoms with E-state index in [2.05, 4.69) is 15.3 Å². The molecule has 0 bridgehead atoms. The number of thiophene rings is 1. The Kier molecular flexibility index (Phi) is 3.52. The van der Waals surface area contributed by atoms with Gasteiger partial charge in [-0.15, -0.1) is 11.3 Å². The molecule has 3 aromatic rings. The Bertz CT molecular complexity index is 690. The van der Waals surface area contributed by atoms with Crippen LogP contribution in [-0.4, -0.2) is 26.0 Å². The van der Waals surface area contributed by atoms with Gasteiger partial charge in [0.05, 0.1) is 11.9 Å². The van der Waals surface area contributed by atoms with Gasteiger partial charge in [0.25, 0.3) is 0 Å². The van der Waals surface area contributed by atoms with E-state index in [1.807, 2.05) is 41.1 Å². The van der Waals surface area contributed by atoms with Crippen molar-refractivity contribution in [2.24, 2.45) is 0 Å². The molecule has 3 aromatic heterocycles. The first-order valence-electron chi connectivity index (χ1n) is 6.41. The van der Waals surface area contributed by atoms with Crippen molar-refractivity contribution in [1.82, 2.24) is 19.7 Å². The van der Waals surface area contributed by atoms with Crippen LogP contribution in [-0.2, 0) is 12.1 Å². The number of fused-ring (bicyclic) bond motifs is 1. The summed E-state index contributed by atoms with van der Waals surface area (Å²) in [7, 11) is 0. The number of rotatable bonds is 5. The third-order valence-corrected chi connectivity index (χ3v) is 4.32. The van der Waals surface area contributed by atoms with Crippen molar-refractivity contribution >= 4 is 17.1 Å². The number of imidazole rings is 1. The number of aromatic nitrogens is 3. The summed E-state index contributed by atoms with van der Waals surface area (Å²) in [6, 6.07) is 5.77. The molecule has 20 heavy (non-hydrogen) atoms. The third kappa shape index (κ3) is 2.58. The molecule has 0 fully saturated rings. The van der Waals surface area contributed by atoms with Crippen LogP contribution in [0.15, 0.2) is 42.2 Å². The van der Waals surface area contributed by atoms with Crippen LogP contribution < -0.4 is 5.32 Å². The molecular weight excluding hydrogens is 272 g/mol. The van der Waals surface area contributed by atoms with Crippen LogP contribution in [0.25, 0.3) is 5.78 Å². The summed E-state index contributed by atoms with van der Waals surface area (Å²) in [6.07, 6.45) is 5.46. The highest BCUT2D eigenvalue weighted by Crippen LogP contribution is 2.24. The van der Waals surface area contributed by atoms with Gasteiger partial charge in [-0.05, 0) is 24.4 Å². The van der Waals surface area contributed by atoms with Crippen molar-refractivity contribution in [2.75, 3.05) is 6.54 Å². The minimum atomic E-state index is -0.854. The van der Waals surface area contributed by atoms with Gasteiger partial charge in [0.15, 0.2) is 0 Å². The quantitative estimate of drug-likeness (QED) is 0.751. The van der Waals surface area contributed by atoms with E-state index in [0.29, 0.717) is 18.9 Å². The first-order chi connectivity index (χ1) is 9.67. The molecule has 104 valence electrons. The second-order valence-corrected chi connectivity index (χ2v) is 5.84. The van der Waals surface area contributed by atoms with E-state index >= 15 is 0 Å². The van der Waals surface area contributed by atoms with Crippen molar-refractivity contribution in [2.45, 2.75) is 19.1 Å². The zero-order valence-corrected chi connectivity index (χ0v) is 12.0. The molecule has 3 rings (SSSR count). The number of hydrogen-bond donors (Lipinski definition) is 2.